The maximum absolute atomic E-state index is 12.9. The average Bonchev–Trinajstić information content (AvgIpc) is 4.26. The van der Waals surface area contributed by atoms with E-state index in [0.717, 1.165) is 101 Å². The van der Waals surface area contributed by atoms with Gasteiger partial charge in [0.15, 0.2) is 0 Å². The zero-order chi connectivity index (χ0) is 53.3. The molecule has 80 heavy (non-hydrogen) atoms. The minimum absolute atomic E-state index is 0. The number of rotatable bonds is 13. The predicted molar refractivity (Wildman–Crippen MR) is 327 cm³/mol. The van der Waals surface area contributed by atoms with Gasteiger partial charge >= 0.3 is 0 Å². The zero-order valence-corrected chi connectivity index (χ0v) is 47.2. The van der Waals surface area contributed by atoms with Crippen LogP contribution in [0.2, 0.25) is 0 Å². The monoisotopic (exact) mass is 1210 g/mol. The van der Waals surface area contributed by atoms with Crippen molar-refractivity contribution in [3.05, 3.63) is 278 Å². The van der Waals surface area contributed by atoms with Gasteiger partial charge in [-0.3, -0.25) is 9.55 Å². The van der Waals surface area contributed by atoms with Crippen LogP contribution in [0.4, 0.5) is 0 Å². The van der Waals surface area contributed by atoms with Crippen LogP contribution < -0.4 is 0 Å². The maximum Gasteiger partial charge on any atom is 0.148 e. The number of phenolic OH excluding ortho intramolecular Hbond substituents is 1. The van der Waals surface area contributed by atoms with Gasteiger partial charge in [-0.2, -0.15) is 0 Å². The second-order valence-electron chi connectivity index (χ2n) is 21.7. The molecule has 2 heterocycles. The van der Waals surface area contributed by atoms with E-state index in [4.69, 9.17) is 9.97 Å². The van der Waals surface area contributed by atoms with Crippen LogP contribution in [0.5, 0.6) is 5.75 Å². The van der Waals surface area contributed by atoms with E-state index in [2.05, 4.69) is 249 Å². The van der Waals surface area contributed by atoms with Crippen molar-refractivity contribution in [3.63, 3.8) is 0 Å². The number of fused-ring (bicyclic) bond motifs is 1. The first-order valence-electron chi connectivity index (χ1n) is 27.8. The molecule has 0 atom stereocenters. The van der Waals surface area contributed by atoms with Crippen LogP contribution in [0.3, 0.4) is 0 Å². The van der Waals surface area contributed by atoms with Gasteiger partial charge in [-0.1, -0.05) is 256 Å². The number of benzene rings is 10. The predicted octanol–water partition coefficient (Wildman–Crippen LogP) is 19.3. The summed E-state index contributed by atoms with van der Waals surface area (Å²) >= 11 is 0. The Morgan fingerprint density at radius 2 is 1.02 bits per heavy atom. The van der Waals surface area contributed by atoms with Gasteiger partial charge in [0.05, 0.1) is 22.3 Å². The zero-order valence-electron chi connectivity index (χ0n) is 45.0. The minimum atomic E-state index is -0.192. The molecule has 13 rings (SSSR count). The quantitative estimate of drug-likeness (QED) is 0.117. The third-order valence-electron chi connectivity index (χ3n) is 16.3. The Hall–Kier alpha value is -8.69. The van der Waals surface area contributed by atoms with E-state index in [9.17, 15) is 5.11 Å². The number of aromatic hydroxyl groups is 1. The van der Waals surface area contributed by atoms with Crippen molar-refractivity contribution in [2.75, 3.05) is 0 Å². The molecule has 2 aromatic heterocycles. The fraction of sp³-hybridized carbons (Fsp3) is 0.120. The first kappa shape index (κ1) is 52.0. The molecule has 0 saturated heterocycles. The molecule has 0 unspecified atom stereocenters. The summed E-state index contributed by atoms with van der Waals surface area (Å²) in [5, 5.41) is 12.9. The summed E-state index contributed by atoms with van der Waals surface area (Å²) in [6, 6.07) is 91.9. The van der Waals surface area contributed by atoms with Crippen LogP contribution in [0.1, 0.15) is 56.2 Å². The molecule has 0 bridgehead atoms. The number of phenols is 1. The van der Waals surface area contributed by atoms with Crippen molar-refractivity contribution in [1.82, 2.24) is 14.5 Å². The van der Waals surface area contributed by atoms with Crippen molar-refractivity contribution < 1.29 is 26.2 Å². The Morgan fingerprint density at radius 3 is 1.70 bits per heavy atom. The molecule has 0 amide bonds. The smallest absolute Gasteiger partial charge is 0.148 e. The topological polar surface area (TPSA) is 50.9 Å². The molecule has 1 aliphatic rings. The number of imidazole rings is 1. The molecule has 0 aliphatic heterocycles. The fourth-order valence-corrected chi connectivity index (χ4v) is 12.0. The number of aromatic nitrogens is 3. The molecular weight excluding hydrogens is 1150 g/mol. The van der Waals surface area contributed by atoms with Gasteiger partial charge in [-0.15, -0.1) is 23.8 Å². The molecule has 5 heteroatoms. The second-order valence-corrected chi connectivity index (χ2v) is 21.7. The first-order valence-corrected chi connectivity index (χ1v) is 27.8. The minimum Gasteiger partial charge on any atom is -0.507 e. The van der Waals surface area contributed by atoms with Crippen LogP contribution >= 0.6 is 0 Å². The van der Waals surface area contributed by atoms with Crippen LogP contribution in [0.15, 0.2) is 255 Å². The molecule has 10 aromatic carbocycles. The molecule has 0 radical (unpaired) electrons. The van der Waals surface area contributed by atoms with Crippen molar-refractivity contribution in [3.8, 4) is 101 Å². The molecule has 4 nitrogen and oxygen atoms in total. The van der Waals surface area contributed by atoms with Gasteiger partial charge in [0.1, 0.15) is 11.6 Å². The SMILES string of the molecule is CC(C)(c1ccccc1)c1cccc(-c2ccnc(-c3[c-]c(-c4cccc5c4nc(-c4cc(-c6ccccc6)cc(-c6ccccc6)c4O)n5-c4ccc(CC5CCCC5)cc4-c4ccccc4)cc(-c4ccccc4)c3)c2)c1.[Pt]. The van der Waals surface area contributed by atoms with Gasteiger partial charge in [-0.05, 0) is 104 Å². The average molecular weight is 1210 g/mol. The Bertz CT molecular complexity index is 4130. The standard InChI is InChI=1S/C75H60N3O.Pt/c1-75(2,63-33-16-7-17-34-63)64-35-20-32-57(47-64)58-40-41-76-69(50-58)62-45-59(53-24-8-3-9-25-53)44-61(46-62)65-36-21-37-71-72(65)77-74(68-49-60(54-26-10-4-11-27-54)48-67(73(68)79)56-30-14-6-15-31-56)78(71)70-39-38-52(42-51-22-18-19-23-51)43-66(70)55-28-12-5-13-29-55;/h3-17,20-21,24-41,43-45,47-51,79H,18-19,22-23,42H2,1-2H3;/q-1;. The Balaban J connectivity index is 0.00000637. The van der Waals surface area contributed by atoms with Crippen LogP contribution in [0.25, 0.3) is 106 Å². The van der Waals surface area contributed by atoms with Gasteiger partial charge < -0.3 is 5.11 Å². The maximum atomic E-state index is 12.9. The Kier molecular flexibility index (Phi) is 14.7. The molecule has 0 spiro atoms. The summed E-state index contributed by atoms with van der Waals surface area (Å²) in [7, 11) is 0. The summed E-state index contributed by atoms with van der Waals surface area (Å²) in [4.78, 5) is 10.8. The fourth-order valence-electron chi connectivity index (χ4n) is 12.0. The van der Waals surface area contributed by atoms with Crippen molar-refractivity contribution in [1.29, 1.82) is 0 Å². The Labute approximate surface area is 484 Å². The van der Waals surface area contributed by atoms with E-state index in [1.165, 1.54) is 42.4 Å². The van der Waals surface area contributed by atoms with Crippen molar-refractivity contribution in [2.45, 2.75) is 51.4 Å². The summed E-state index contributed by atoms with van der Waals surface area (Å²) in [5.41, 5.74) is 20.8. The first-order chi connectivity index (χ1) is 38.8. The van der Waals surface area contributed by atoms with Crippen LogP contribution in [0, 0.1) is 12.0 Å². The summed E-state index contributed by atoms with van der Waals surface area (Å²) < 4.78 is 2.29. The second kappa shape index (κ2) is 22.6. The van der Waals surface area contributed by atoms with Gasteiger partial charge in [-0.25, -0.2) is 4.98 Å². The van der Waals surface area contributed by atoms with E-state index in [1.54, 1.807) is 0 Å². The van der Waals surface area contributed by atoms with Crippen LogP contribution in [-0.2, 0) is 32.9 Å². The molecule has 1 saturated carbocycles. The van der Waals surface area contributed by atoms with Gasteiger partial charge in [0, 0.05) is 49.5 Å². The number of nitrogens with zero attached hydrogens (tertiary/aromatic N) is 3. The number of pyridine rings is 1. The number of hydrogen-bond acceptors (Lipinski definition) is 3. The van der Waals surface area contributed by atoms with Gasteiger partial charge in [0.25, 0.3) is 0 Å². The molecular formula is C75H60N3OPt-. The van der Waals surface area contributed by atoms with Crippen LogP contribution in [-0.4, -0.2) is 19.6 Å². The number of para-hydroxylation sites is 1. The van der Waals surface area contributed by atoms with E-state index in [1.807, 2.05) is 30.5 Å². The van der Waals surface area contributed by atoms with E-state index in [0.29, 0.717) is 17.3 Å². The van der Waals surface area contributed by atoms with E-state index >= 15 is 0 Å². The van der Waals surface area contributed by atoms with Gasteiger partial charge in [0.2, 0.25) is 0 Å². The normalized spacial score (nSPS) is 12.6. The molecule has 1 aliphatic carbocycles. The largest absolute Gasteiger partial charge is 0.507 e. The van der Waals surface area contributed by atoms with Crippen molar-refractivity contribution >= 4 is 11.0 Å². The van der Waals surface area contributed by atoms with E-state index < -0.39 is 0 Å². The van der Waals surface area contributed by atoms with E-state index in [-0.39, 0.29) is 32.2 Å². The third kappa shape index (κ3) is 10.3. The molecule has 1 N–H and O–H groups in total. The molecule has 1 fully saturated rings. The molecule has 392 valence electrons. The Morgan fingerprint density at radius 1 is 0.475 bits per heavy atom. The summed E-state index contributed by atoms with van der Waals surface area (Å²) in [6.07, 6.45) is 8.12. The third-order valence-corrected chi connectivity index (χ3v) is 16.3. The summed E-state index contributed by atoms with van der Waals surface area (Å²) in [5.74, 6) is 1.50. The van der Waals surface area contributed by atoms with Crippen molar-refractivity contribution in [2.24, 2.45) is 5.92 Å². The molecule has 12 aromatic rings. The number of hydrogen-bond donors (Lipinski definition) is 1. The summed E-state index contributed by atoms with van der Waals surface area (Å²) in [6.45, 7) is 4.58.